The van der Waals surface area contributed by atoms with Gasteiger partial charge in [-0.2, -0.15) is 0 Å². The Morgan fingerprint density at radius 2 is 1.91 bits per heavy atom. The van der Waals surface area contributed by atoms with Crippen molar-refractivity contribution in [1.29, 1.82) is 0 Å². The van der Waals surface area contributed by atoms with Crippen LogP contribution in [0.15, 0.2) is 50.8 Å². The third-order valence-electron chi connectivity index (χ3n) is 4.42. The van der Waals surface area contributed by atoms with Crippen molar-refractivity contribution < 1.29 is 28.9 Å². The minimum Gasteiger partial charge on any atom is -0.497 e. The lowest BCUT2D eigenvalue weighted by Crippen LogP contribution is -2.28. The number of benzene rings is 2. The number of aliphatic carboxylic acids is 1. The summed E-state index contributed by atoms with van der Waals surface area (Å²) in [7, 11) is 3.06. The number of likely N-dealkylation sites (N-methyl/N-ethyl adjacent to an activating group) is 1. The number of carboxylic acids is 1. The predicted octanol–water partition coefficient (Wildman–Crippen LogP) is 4.55. The highest BCUT2D eigenvalue weighted by atomic mass is 79.9. The zero-order valence-corrected chi connectivity index (χ0v) is 20.0. The maximum absolute atomic E-state index is 13.0. The number of nitrogens with zero attached hydrogens (tertiary/aromatic N) is 2. The monoisotopic (exact) mass is 520 g/mol. The molecule has 1 heterocycles. The van der Waals surface area contributed by atoms with Gasteiger partial charge >= 0.3 is 5.97 Å². The summed E-state index contributed by atoms with van der Waals surface area (Å²) in [6.07, 6.45) is 1.74. The Balaban J connectivity index is 1.91. The Bertz CT molecular complexity index is 1080. The van der Waals surface area contributed by atoms with Crippen LogP contribution in [-0.4, -0.2) is 54.4 Å². The van der Waals surface area contributed by atoms with Crippen molar-refractivity contribution in [3.05, 3.63) is 51.3 Å². The number of carbonyl (C=O) groups is 2. The Morgan fingerprint density at radius 3 is 2.50 bits per heavy atom. The fraction of sp³-hybridized carbons (Fsp3) is 0.227. The van der Waals surface area contributed by atoms with E-state index in [-0.39, 0.29) is 11.7 Å². The van der Waals surface area contributed by atoms with E-state index in [1.165, 1.54) is 18.9 Å². The summed E-state index contributed by atoms with van der Waals surface area (Å²) in [6.45, 7) is 1.87. The second kappa shape index (κ2) is 10.6. The van der Waals surface area contributed by atoms with Gasteiger partial charge in [0.25, 0.3) is 5.91 Å². The first-order valence-electron chi connectivity index (χ1n) is 9.52. The molecule has 168 valence electrons. The highest BCUT2D eigenvalue weighted by Crippen LogP contribution is 2.38. The molecule has 0 unspecified atom stereocenters. The summed E-state index contributed by atoms with van der Waals surface area (Å²) < 4.78 is 16.4. The second-order valence-corrected chi connectivity index (χ2v) is 8.32. The molecule has 0 spiro atoms. The molecule has 1 aliphatic rings. The van der Waals surface area contributed by atoms with E-state index in [4.69, 9.17) is 19.3 Å². The molecule has 2 aromatic rings. The molecule has 1 fully saturated rings. The summed E-state index contributed by atoms with van der Waals surface area (Å²) in [5, 5.41) is 9.42. The van der Waals surface area contributed by atoms with Crippen LogP contribution in [0.2, 0.25) is 0 Å². The summed E-state index contributed by atoms with van der Waals surface area (Å²) in [4.78, 5) is 30.5. The lowest BCUT2D eigenvalue weighted by molar-refractivity contribution is -0.139. The molecular weight excluding hydrogens is 500 g/mol. The summed E-state index contributed by atoms with van der Waals surface area (Å²) in [5.74, 6) is 0.126. The number of hydrogen-bond donors (Lipinski definition) is 1. The first-order chi connectivity index (χ1) is 15.4. The highest BCUT2D eigenvalue weighted by Gasteiger charge is 2.32. The third-order valence-corrected chi connectivity index (χ3v) is 6.12. The number of amidine groups is 1. The number of carbonyl (C=O) groups excluding carboxylic acids is 1. The summed E-state index contributed by atoms with van der Waals surface area (Å²) in [5.41, 5.74) is 1.39. The third kappa shape index (κ3) is 5.43. The molecular formula is C22H21BrN2O6S. The Morgan fingerprint density at radius 1 is 1.19 bits per heavy atom. The minimum absolute atomic E-state index is 0.151. The van der Waals surface area contributed by atoms with Crippen molar-refractivity contribution in [3.8, 4) is 17.2 Å². The van der Waals surface area contributed by atoms with Gasteiger partial charge in [-0.05, 0) is 66.7 Å². The van der Waals surface area contributed by atoms with Crippen LogP contribution in [0.4, 0.5) is 5.69 Å². The molecule has 3 rings (SSSR count). The molecule has 10 heteroatoms. The fourth-order valence-corrected chi connectivity index (χ4v) is 4.34. The van der Waals surface area contributed by atoms with Crippen molar-refractivity contribution in [2.24, 2.45) is 4.99 Å². The molecule has 0 atom stereocenters. The molecule has 0 aromatic heterocycles. The van der Waals surface area contributed by atoms with Gasteiger partial charge in [-0.25, -0.2) is 9.79 Å². The number of ether oxygens (including phenoxy) is 3. The molecule has 1 N–H and O–H groups in total. The van der Waals surface area contributed by atoms with Crippen LogP contribution in [0.3, 0.4) is 0 Å². The van der Waals surface area contributed by atoms with Crippen LogP contribution in [0.5, 0.6) is 17.2 Å². The molecule has 32 heavy (non-hydrogen) atoms. The van der Waals surface area contributed by atoms with E-state index < -0.39 is 12.6 Å². The Kier molecular flexibility index (Phi) is 7.81. The number of halogens is 1. The van der Waals surface area contributed by atoms with E-state index in [1.807, 2.05) is 31.2 Å². The first-order valence-corrected chi connectivity index (χ1v) is 11.1. The predicted molar refractivity (Wildman–Crippen MR) is 127 cm³/mol. The Labute approximate surface area is 198 Å². The average molecular weight is 521 g/mol. The van der Waals surface area contributed by atoms with Gasteiger partial charge in [0.05, 0.1) is 24.8 Å². The van der Waals surface area contributed by atoms with Crippen molar-refractivity contribution in [2.75, 3.05) is 27.4 Å². The molecule has 0 bridgehead atoms. The first kappa shape index (κ1) is 23.7. The van der Waals surface area contributed by atoms with Crippen molar-refractivity contribution in [3.63, 3.8) is 0 Å². The topological polar surface area (TPSA) is 97.7 Å². The van der Waals surface area contributed by atoms with Crippen LogP contribution in [0.25, 0.3) is 6.08 Å². The van der Waals surface area contributed by atoms with Crippen molar-refractivity contribution in [2.45, 2.75) is 6.92 Å². The lowest BCUT2D eigenvalue weighted by Gasteiger charge is -2.12. The van der Waals surface area contributed by atoms with Crippen molar-refractivity contribution in [1.82, 2.24) is 4.90 Å². The number of thioether (sulfide) groups is 1. The van der Waals surface area contributed by atoms with Gasteiger partial charge in [0.1, 0.15) is 5.75 Å². The number of methoxy groups -OCH3 is 2. The van der Waals surface area contributed by atoms with Gasteiger partial charge in [-0.1, -0.05) is 15.9 Å². The second-order valence-electron chi connectivity index (χ2n) is 6.46. The molecule has 2 aromatic carbocycles. The van der Waals surface area contributed by atoms with Gasteiger partial charge < -0.3 is 19.3 Å². The quantitative estimate of drug-likeness (QED) is 0.509. The summed E-state index contributed by atoms with van der Waals surface area (Å²) >= 11 is 4.73. The largest absolute Gasteiger partial charge is 0.497 e. The highest BCUT2D eigenvalue weighted by molar-refractivity contribution is 9.10. The SMILES string of the molecule is CCN1C(=O)/C(=C/c2cc(OC)c(OCC(=O)O)cc2Br)SC1=Nc1ccc(OC)cc1. The molecule has 1 aliphatic heterocycles. The molecule has 0 radical (unpaired) electrons. The van der Waals surface area contributed by atoms with Crippen LogP contribution in [0, 0.1) is 0 Å². The maximum atomic E-state index is 13.0. The number of carboxylic acid groups (broad SMARTS) is 1. The van der Waals surface area contributed by atoms with Gasteiger partial charge in [-0.15, -0.1) is 0 Å². The van der Waals surface area contributed by atoms with E-state index in [9.17, 15) is 9.59 Å². The van der Waals surface area contributed by atoms with Crippen LogP contribution in [-0.2, 0) is 9.59 Å². The van der Waals surface area contributed by atoms with Gasteiger partial charge in [0.15, 0.2) is 23.3 Å². The van der Waals surface area contributed by atoms with E-state index in [0.29, 0.717) is 38.1 Å². The average Bonchev–Trinajstić information content (AvgIpc) is 3.07. The number of aliphatic imine (C=N–C) groups is 1. The van der Waals surface area contributed by atoms with Crippen LogP contribution in [0.1, 0.15) is 12.5 Å². The number of hydrogen-bond acceptors (Lipinski definition) is 7. The standard InChI is InChI=1S/C22H21BrN2O6S/c1-4-25-21(28)19(32-22(25)24-14-5-7-15(29-2)8-6-14)10-13-9-17(30-3)18(11-16(13)23)31-12-20(26)27/h5-11H,4,12H2,1-3H3,(H,26,27)/b19-10-,24-22?. The van der Waals surface area contributed by atoms with Gasteiger partial charge in [-0.3, -0.25) is 9.69 Å². The van der Waals surface area contributed by atoms with Crippen LogP contribution >= 0.6 is 27.7 Å². The molecule has 1 amide bonds. The van der Waals surface area contributed by atoms with E-state index in [1.54, 1.807) is 30.2 Å². The van der Waals surface area contributed by atoms with Gasteiger partial charge in [0, 0.05) is 11.0 Å². The molecule has 0 aliphatic carbocycles. The molecule has 1 saturated heterocycles. The van der Waals surface area contributed by atoms with Gasteiger partial charge in [0.2, 0.25) is 0 Å². The van der Waals surface area contributed by atoms with Crippen molar-refractivity contribution >= 4 is 56.5 Å². The minimum atomic E-state index is -1.09. The zero-order valence-electron chi connectivity index (χ0n) is 17.6. The van der Waals surface area contributed by atoms with E-state index in [2.05, 4.69) is 20.9 Å². The maximum Gasteiger partial charge on any atom is 0.341 e. The number of rotatable bonds is 8. The fourth-order valence-electron chi connectivity index (χ4n) is 2.85. The lowest BCUT2D eigenvalue weighted by atomic mass is 10.2. The van der Waals surface area contributed by atoms with E-state index >= 15 is 0 Å². The number of amides is 1. The molecule has 8 nitrogen and oxygen atoms in total. The smallest absolute Gasteiger partial charge is 0.341 e. The van der Waals surface area contributed by atoms with E-state index in [0.717, 1.165) is 5.75 Å². The normalized spacial score (nSPS) is 16.0. The summed E-state index contributed by atoms with van der Waals surface area (Å²) in [6, 6.07) is 10.6. The van der Waals surface area contributed by atoms with Crippen LogP contribution < -0.4 is 14.2 Å². The zero-order chi connectivity index (χ0) is 23.3. The Hall–Kier alpha value is -2.98. The molecule has 0 saturated carbocycles.